The van der Waals surface area contributed by atoms with Gasteiger partial charge in [0.25, 0.3) is 0 Å². The zero-order valence-electron chi connectivity index (χ0n) is 13.2. The summed E-state index contributed by atoms with van der Waals surface area (Å²) in [5.74, 6) is 0.982. The molecule has 1 heterocycles. The number of rotatable bonds is 8. The lowest BCUT2D eigenvalue weighted by molar-refractivity contribution is -0.120. The zero-order valence-corrected chi connectivity index (χ0v) is 14.0. The molecule has 21 heavy (non-hydrogen) atoms. The molecule has 0 aromatic carbocycles. The van der Waals surface area contributed by atoms with Crippen LogP contribution in [0, 0.1) is 11.8 Å². The maximum absolute atomic E-state index is 12.2. The molecule has 0 bridgehead atoms. The van der Waals surface area contributed by atoms with Crippen LogP contribution in [0.3, 0.4) is 0 Å². The van der Waals surface area contributed by atoms with Gasteiger partial charge in [0.1, 0.15) is 5.01 Å². The van der Waals surface area contributed by atoms with Crippen molar-refractivity contribution in [1.82, 2.24) is 10.2 Å². The molecule has 118 valence electrons. The quantitative estimate of drug-likeness (QED) is 0.773. The minimum Gasteiger partial charge on any atom is -0.300 e. The van der Waals surface area contributed by atoms with E-state index in [-0.39, 0.29) is 11.8 Å². The lowest BCUT2D eigenvalue weighted by atomic mass is 9.99. The lowest BCUT2D eigenvalue weighted by Crippen LogP contribution is -2.22. The average molecular weight is 309 g/mol. The van der Waals surface area contributed by atoms with Crippen molar-refractivity contribution < 1.29 is 4.79 Å². The van der Waals surface area contributed by atoms with Gasteiger partial charge in [-0.05, 0) is 18.8 Å². The molecule has 1 fully saturated rings. The number of hydrogen-bond acceptors (Lipinski definition) is 4. The SMILES string of the molecule is CCCC[C@H](CC)C(=O)Nc1nnc(CC2CCCC2)s1. The summed E-state index contributed by atoms with van der Waals surface area (Å²) in [6.45, 7) is 4.23. The summed E-state index contributed by atoms with van der Waals surface area (Å²) in [6.07, 6.45) is 10.5. The summed E-state index contributed by atoms with van der Waals surface area (Å²) < 4.78 is 0. The van der Waals surface area contributed by atoms with Gasteiger partial charge in [-0.25, -0.2) is 0 Å². The molecule has 1 saturated carbocycles. The van der Waals surface area contributed by atoms with E-state index < -0.39 is 0 Å². The molecule has 2 rings (SSSR count). The number of unbranched alkanes of at least 4 members (excludes halogenated alkanes) is 1. The van der Waals surface area contributed by atoms with Gasteiger partial charge in [-0.15, -0.1) is 10.2 Å². The Labute approximate surface area is 131 Å². The second-order valence-corrected chi connectivity index (χ2v) is 7.15. The molecular formula is C16H27N3OS. The molecule has 1 atom stereocenters. The van der Waals surface area contributed by atoms with Crippen molar-refractivity contribution in [3.8, 4) is 0 Å². The monoisotopic (exact) mass is 309 g/mol. The maximum Gasteiger partial charge on any atom is 0.229 e. The fourth-order valence-corrected chi connectivity index (χ4v) is 3.88. The van der Waals surface area contributed by atoms with Gasteiger partial charge in [0.15, 0.2) is 0 Å². The van der Waals surface area contributed by atoms with Gasteiger partial charge in [-0.2, -0.15) is 0 Å². The zero-order chi connectivity index (χ0) is 15.1. The first-order chi connectivity index (χ1) is 10.2. The minimum atomic E-state index is 0.104. The fraction of sp³-hybridized carbons (Fsp3) is 0.812. The van der Waals surface area contributed by atoms with E-state index in [1.807, 2.05) is 0 Å². The smallest absolute Gasteiger partial charge is 0.229 e. The first-order valence-electron chi connectivity index (χ1n) is 8.36. The van der Waals surface area contributed by atoms with Crippen LogP contribution in [-0.4, -0.2) is 16.1 Å². The minimum absolute atomic E-state index is 0.104. The standard InChI is InChI=1S/C16H27N3OS/c1-3-5-10-13(4-2)15(20)17-16-19-18-14(21-16)11-12-8-6-7-9-12/h12-13H,3-11H2,1-2H3,(H,17,19,20)/t13-/m0/s1. The van der Waals surface area contributed by atoms with Crippen molar-refractivity contribution in [2.45, 2.75) is 71.6 Å². The van der Waals surface area contributed by atoms with Crippen LogP contribution >= 0.6 is 11.3 Å². The van der Waals surface area contributed by atoms with E-state index in [1.165, 1.54) is 25.7 Å². The molecule has 0 spiro atoms. The van der Waals surface area contributed by atoms with Crippen molar-refractivity contribution in [1.29, 1.82) is 0 Å². The third-order valence-electron chi connectivity index (χ3n) is 4.40. The number of nitrogens with zero attached hydrogens (tertiary/aromatic N) is 2. The highest BCUT2D eigenvalue weighted by Gasteiger charge is 2.20. The maximum atomic E-state index is 12.2. The van der Waals surface area contributed by atoms with Crippen LogP contribution in [-0.2, 0) is 11.2 Å². The predicted molar refractivity (Wildman–Crippen MR) is 87.5 cm³/mol. The van der Waals surface area contributed by atoms with Gasteiger partial charge in [0.2, 0.25) is 11.0 Å². The molecule has 4 nitrogen and oxygen atoms in total. The Hall–Kier alpha value is -0.970. The second-order valence-electron chi connectivity index (χ2n) is 6.09. The molecule has 0 saturated heterocycles. The summed E-state index contributed by atoms with van der Waals surface area (Å²) in [5, 5.41) is 13.1. The molecule has 0 unspecified atom stereocenters. The van der Waals surface area contributed by atoms with Crippen molar-refractivity contribution in [2.75, 3.05) is 5.32 Å². The van der Waals surface area contributed by atoms with E-state index in [0.29, 0.717) is 5.13 Å². The number of nitrogens with one attached hydrogen (secondary N) is 1. The van der Waals surface area contributed by atoms with E-state index in [2.05, 4.69) is 29.4 Å². The first kappa shape index (κ1) is 16.4. The number of carbonyl (C=O) groups is 1. The molecule has 0 aliphatic heterocycles. The number of carbonyl (C=O) groups excluding carboxylic acids is 1. The predicted octanol–water partition coefficient (Wildman–Crippen LogP) is 4.43. The Morgan fingerprint density at radius 3 is 2.76 bits per heavy atom. The van der Waals surface area contributed by atoms with Crippen LogP contribution in [0.5, 0.6) is 0 Å². The van der Waals surface area contributed by atoms with Gasteiger partial charge in [-0.3, -0.25) is 4.79 Å². The van der Waals surface area contributed by atoms with Crippen molar-refractivity contribution in [3.63, 3.8) is 0 Å². The Bertz CT molecular complexity index is 440. The van der Waals surface area contributed by atoms with Gasteiger partial charge < -0.3 is 5.32 Å². The molecular weight excluding hydrogens is 282 g/mol. The van der Waals surface area contributed by atoms with E-state index >= 15 is 0 Å². The third kappa shape index (κ3) is 5.06. The van der Waals surface area contributed by atoms with Crippen LogP contribution in [0.25, 0.3) is 0 Å². The van der Waals surface area contributed by atoms with Crippen LogP contribution in [0.4, 0.5) is 5.13 Å². The Balaban J connectivity index is 1.84. The Kier molecular flexibility index (Phi) is 6.61. The molecule has 1 aromatic rings. The topological polar surface area (TPSA) is 54.9 Å². The summed E-state index contributed by atoms with van der Waals surface area (Å²) >= 11 is 1.55. The van der Waals surface area contributed by atoms with Crippen LogP contribution in [0.1, 0.15) is 70.2 Å². The van der Waals surface area contributed by atoms with Crippen LogP contribution in [0.15, 0.2) is 0 Å². The highest BCUT2D eigenvalue weighted by molar-refractivity contribution is 7.15. The van der Waals surface area contributed by atoms with E-state index in [4.69, 9.17) is 0 Å². The van der Waals surface area contributed by atoms with Gasteiger partial charge >= 0.3 is 0 Å². The summed E-state index contributed by atoms with van der Waals surface area (Å²) in [6, 6.07) is 0. The molecule has 1 aliphatic rings. The van der Waals surface area contributed by atoms with E-state index in [9.17, 15) is 4.79 Å². The van der Waals surface area contributed by atoms with Crippen molar-refractivity contribution in [2.24, 2.45) is 11.8 Å². The number of anilines is 1. The molecule has 1 aliphatic carbocycles. The molecule has 1 aromatic heterocycles. The van der Waals surface area contributed by atoms with Crippen molar-refractivity contribution in [3.05, 3.63) is 5.01 Å². The Morgan fingerprint density at radius 2 is 2.10 bits per heavy atom. The highest BCUT2D eigenvalue weighted by Crippen LogP contribution is 2.29. The normalized spacial score (nSPS) is 17.0. The van der Waals surface area contributed by atoms with E-state index in [1.54, 1.807) is 11.3 Å². The van der Waals surface area contributed by atoms with Crippen LogP contribution in [0.2, 0.25) is 0 Å². The fourth-order valence-electron chi connectivity index (χ4n) is 3.03. The van der Waals surface area contributed by atoms with Crippen molar-refractivity contribution >= 4 is 22.4 Å². The average Bonchev–Trinajstić information content (AvgIpc) is 3.12. The summed E-state index contributed by atoms with van der Waals surface area (Å²) in [5.41, 5.74) is 0. The lowest BCUT2D eigenvalue weighted by Gasteiger charge is -2.12. The highest BCUT2D eigenvalue weighted by atomic mass is 32.1. The second kappa shape index (κ2) is 8.47. The molecule has 0 radical (unpaired) electrons. The van der Waals surface area contributed by atoms with Gasteiger partial charge in [0, 0.05) is 12.3 Å². The summed E-state index contributed by atoms with van der Waals surface area (Å²) in [4.78, 5) is 12.2. The number of hydrogen-bond donors (Lipinski definition) is 1. The van der Waals surface area contributed by atoms with Gasteiger partial charge in [0.05, 0.1) is 0 Å². The molecule has 1 amide bonds. The van der Waals surface area contributed by atoms with E-state index in [0.717, 1.165) is 43.0 Å². The third-order valence-corrected chi connectivity index (χ3v) is 5.27. The largest absolute Gasteiger partial charge is 0.300 e. The number of amides is 1. The molecule has 5 heteroatoms. The van der Waals surface area contributed by atoms with Gasteiger partial charge in [-0.1, -0.05) is 63.7 Å². The Morgan fingerprint density at radius 1 is 1.33 bits per heavy atom. The summed E-state index contributed by atoms with van der Waals surface area (Å²) in [7, 11) is 0. The van der Waals surface area contributed by atoms with Crippen LogP contribution < -0.4 is 5.32 Å². The molecule has 1 N–H and O–H groups in total. The number of aromatic nitrogens is 2. The first-order valence-corrected chi connectivity index (χ1v) is 9.17.